The van der Waals surface area contributed by atoms with Gasteiger partial charge in [0, 0.05) is 32.5 Å². The van der Waals surface area contributed by atoms with Crippen LogP contribution in [0.25, 0.3) is 0 Å². The fourth-order valence-corrected chi connectivity index (χ4v) is 5.81. The molecule has 3 aromatic rings. The minimum Gasteiger partial charge on any atom is -0.354 e. The molecule has 1 atom stereocenters. The van der Waals surface area contributed by atoms with Gasteiger partial charge in [0.1, 0.15) is 6.04 Å². The maximum absolute atomic E-state index is 14.0. The van der Waals surface area contributed by atoms with E-state index in [1.807, 2.05) is 94.4 Å². The summed E-state index contributed by atoms with van der Waals surface area (Å²) in [5.74, 6) is -0.114. The van der Waals surface area contributed by atoms with Crippen LogP contribution in [-0.2, 0) is 39.0 Å². The number of nitrogens with zero attached hydrogens (tertiary/aromatic N) is 2. The quantitative estimate of drug-likeness (QED) is 0.252. The van der Waals surface area contributed by atoms with Gasteiger partial charge in [0.2, 0.25) is 21.8 Å². The molecule has 0 saturated carbocycles. The molecule has 1 N–H and O–H groups in total. The second kappa shape index (κ2) is 15.5. The molecule has 0 fully saturated rings. The number of hydrogen-bond acceptors (Lipinski definition) is 4. The number of carbonyl (C=O) groups excluding carboxylic acids is 2. The lowest BCUT2D eigenvalue weighted by Crippen LogP contribution is -2.51. The van der Waals surface area contributed by atoms with E-state index < -0.39 is 16.1 Å². The van der Waals surface area contributed by atoms with Gasteiger partial charge in [-0.15, -0.1) is 0 Å². The molecular weight excluding hydrogens is 546 g/mol. The summed E-state index contributed by atoms with van der Waals surface area (Å²) in [5, 5.41) is 3.04. The van der Waals surface area contributed by atoms with Gasteiger partial charge in [-0.1, -0.05) is 87.5 Å². The van der Waals surface area contributed by atoms with E-state index in [0.29, 0.717) is 25.1 Å². The Morgan fingerprint density at radius 3 is 2.12 bits per heavy atom. The Kier molecular flexibility index (Phi) is 12.2. The number of anilines is 1. The van der Waals surface area contributed by atoms with Gasteiger partial charge < -0.3 is 10.2 Å². The molecule has 3 rings (SSSR count). The molecule has 0 aromatic heterocycles. The molecule has 7 nitrogen and oxygen atoms in total. The number of aryl methyl sites for hydroxylation is 2. The molecule has 0 heterocycles. The van der Waals surface area contributed by atoms with E-state index in [1.165, 1.54) is 10.6 Å². The van der Waals surface area contributed by atoms with Crippen molar-refractivity contribution in [3.63, 3.8) is 0 Å². The lowest BCUT2D eigenvalue weighted by atomic mass is 10.0. The molecule has 3 aromatic carbocycles. The van der Waals surface area contributed by atoms with Crippen LogP contribution in [0.2, 0.25) is 0 Å². The molecule has 1 unspecified atom stereocenters. The third kappa shape index (κ3) is 9.72. The number of hydrogen-bond donors (Lipinski definition) is 1. The molecule has 226 valence electrons. The van der Waals surface area contributed by atoms with Crippen molar-refractivity contribution in [2.45, 2.75) is 66.0 Å². The van der Waals surface area contributed by atoms with E-state index >= 15 is 0 Å². The third-order valence-electron chi connectivity index (χ3n) is 7.34. The first-order valence-electron chi connectivity index (χ1n) is 14.7. The van der Waals surface area contributed by atoms with Crippen LogP contribution in [-0.4, -0.2) is 50.5 Å². The normalized spacial score (nSPS) is 12.1. The Balaban J connectivity index is 1.88. The molecule has 0 aliphatic carbocycles. The van der Waals surface area contributed by atoms with Crippen molar-refractivity contribution in [2.75, 3.05) is 23.7 Å². The fraction of sp³-hybridized carbons (Fsp3) is 0.412. The van der Waals surface area contributed by atoms with E-state index in [2.05, 4.69) is 5.32 Å². The molecule has 42 heavy (non-hydrogen) atoms. The highest BCUT2D eigenvalue weighted by Crippen LogP contribution is 2.22. The van der Waals surface area contributed by atoms with E-state index in [-0.39, 0.29) is 37.2 Å². The summed E-state index contributed by atoms with van der Waals surface area (Å²) < 4.78 is 26.7. The Hall–Kier alpha value is -3.65. The van der Waals surface area contributed by atoms with Crippen molar-refractivity contribution < 1.29 is 18.0 Å². The maximum atomic E-state index is 14.0. The monoisotopic (exact) mass is 591 g/mol. The highest BCUT2D eigenvalue weighted by Gasteiger charge is 2.31. The summed E-state index contributed by atoms with van der Waals surface area (Å²) in [6.45, 7) is 9.07. The lowest BCUT2D eigenvalue weighted by Gasteiger charge is -2.32. The van der Waals surface area contributed by atoms with Gasteiger partial charge in [0.05, 0.1) is 11.9 Å². The molecular formula is C34H45N3O4S. The molecule has 8 heteroatoms. The van der Waals surface area contributed by atoms with Crippen LogP contribution in [0, 0.1) is 12.8 Å². The molecule has 0 radical (unpaired) electrons. The van der Waals surface area contributed by atoms with Crippen molar-refractivity contribution >= 4 is 27.5 Å². The first-order valence-corrected chi connectivity index (χ1v) is 16.6. The summed E-state index contributed by atoms with van der Waals surface area (Å²) >= 11 is 0. The van der Waals surface area contributed by atoms with Crippen molar-refractivity contribution in [2.24, 2.45) is 5.92 Å². The number of benzene rings is 3. The Morgan fingerprint density at radius 1 is 0.881 bits per heavy atom. The van der Waals surface area contributed by atoms with Gasteiger partial charge >= 0.3 is 0 Å². The van der Waals surface area contributed by atoms with Gasteiger partial charge in [-0.05, 0) is 60.1 Å². The fourth-order valence-electron chi connectivity index (χ4n) is 4.85. The van der Waals surface area contributed by atoms with E-state index in [0.717, 1.165) is 28.7 Å². The average molecular weight is 592 g/mol. The Bertz CT molecular complexity index is 1410. The average Bonchev–Trinajstić information content (AvgIpc) is 2.96. The van der Waals surface area contributed by atoms with Crippen molar-refractivity contribution in [3.8, 4) is 0 Å². The summed E-state index contributed by atoms with van der Waals surface area (Å²) in [4.78, 5) is 29.3. The van der Waals surface area contributed by atoms with Gasteiger partial charge in [-0.3, -0.25) is 13.9 Å². The minimum atomic E-state index is -3.55. The zero-order chi connectivity index (χ0) is 30.7. The van der Waals surface area contributed by atoms with Crippen LogP contribution < -0.4 is 9.62 Å². The SMILES string of the molecule is CCc1ccc(N(CCCC(=O)N(Cc2ccccc2C)C(Cc2ccccc2)C(=O)NCC(C)C)S(C)(=O)=O)cc1. The van der Waals surface area contributed by atoms with E-state index in [4.69, 9.17) is 0 Å². The highest BCUT2D eigenvalue weighted by atomic mass is 32.2. The first-order chi connectivity index (χ1) is 20.0. The third-order valence-corrected chi connectivity index (χ3v) is 8.54. The summed E-state index contributed by atoms with van der Waals surface area (Å²) in [7, 11) is -3.55. The van der Waals surface area contributed by atoms with Gasteiger partial charge in [-0.2, -0.15) is 0 Å². The van der Waals surface area contributed by atoms with Crippen LogP contribution in [0.1, 0.15) is 55.9 Å². The molecule has 0 saturated heterocycles. The van der Waals surface area contributed by atoms with Crippen LogP contribution in [0.5, 0.6) is 0 Å². The van der Waals surface area contributed by atoms with E-state index in [9.17, 15) is 18.0 Å². The summed E-state index contributed by atoms with van der Waals surface area (Å²) in [6.07, 6.45) is 2.84. The van der Waals surface area contributed by atoms with Gasteiger partial charge in [-0.25, -0.2) is 8.42 Å². The van der Waals surface area contributed by atoms with Crippen molar-refractivity contribution in [1.82, 2.24) is 10.2 Å². The summed E-state index contributed by atoms with van der Waals surface area (Å²) in [5.41, 5.74) is 4.66. The topological polar surface area (TPSA) is 86.8 Å². The lowest BCUT2D eigenvalue weighted by molar-refractivity contribution is -0.141. The molecule has 2 amide bonds. The minimum absolute atomic E-state index is 0.105. The number of amides is 2. The number of rotatable bonds is 15. The number of sulfonamides is 1. The summed E-state index contributed by atoms with van der Waals surface area (Å²) in [6, 6.07) is 24.3. The highest BCUT2D eigenvalue weighted by molar-refractivity contribution is 7.92. The Labute approximate surface area is 252 Å². The van der Waals surface area contributed by atoms with Gasteiger partial charge in [0.25, 0.3) is 0 Å². The van der Waals surface area contributed by atoms with E-state index in [1.54, 1.807) is 17.0 Å². The predicted octanol–water partition coefficient (Wildman–Crippen LogP) is 5.52. The Morgan fingerprint density at radius 2 is 1.52 bits per heavy atom. The van der Waals surface area contributed by atoms with Crippen LogP contribution >= 0.6 is 0 Å². The predicted molar refractivity (Wildman–Crippen MR) is 171 cm³/mol. The molecule has 0 spiro atoms. The van der Waals surface area contributed by atoms with Crippen LogP contribution in [0.3, 0.4) is 0 Å². The zero-order valence-electron chi connectivity index (χ0n) is 25.5. The first kappa shape index (κ1) is 32.9. The smallest absolute Gasteiger partial charge is 0.243 e. The molecule has 0 aliphatic rings. The van der Waals surface area contributed by atoms with Crippen molar-refractivity contribution in [1.29, 1.82) is 0 Å². The van der Waals surface area contributed by atoms with Crippen LogP contribution in [0.15, 0.2) is 78.9 Å². The van der Waals surface area contributed by atoms with Crippen LogP contribution in [0.4, 0.5) is 5.69 Å². The molecule has 0 bridgehead atoms. The second-order valence-corrected chi connectivity index (χ2v) is 13.2. The number of nitrogens with one attached hydrogen (secondary N) is 1. The van der Waals surface area contributed by atoms with Gasteiger partial charge in [0.15, 0.2) is 0 Å². The number of carbonyl (C=O) groups is 2. The standard InChI is InChI=1S/C34H45N3O4S/c1-6-28-18-20-31(21-19-28)37(42(5,40)41)22-12-17-33(38)36(25-30-16-11-10-13-27(30)4)32(34(39)35-24-26(2)3)23-29-14-8-7-9-15-29/h7-11,13-16,18-21,26,32H,6,12,17,22-25H2,1-5H3,(H,35,39). The molecule has 0 aliphatic heterocycles. The maximum Gasteiger partial charge on any atom is 0.243 e. The zero-order valence-corrected chi connectivity index (χ0v) is 26.4. The second-order valence-electron chi connectivity index (χ2n) is 11.3. The van der Waals surface area contributed by atoms with Crippen molar-refractivity contribution in [3.05, 3.63) is 101 Å². The largest absolute Gasteiger partial charge is 0.354 e.